The summed E-state index contributed by atoms with van der Waals surface area (Å²) in [5.41, 5.74) is 7.85. The number of nitrogens with zero attached hydrogens (tertiary/aromatic N) is 4. The summed E-state index contributed by atoms with van der Waals surface area (Å²) in [6.07, 6.45) is -4.12. The molecule has 2 aromatic carbocycles. The van der Waals surface area contributed by atoms with Gasteiger partial charge in [-0.25, -0.2) is 18.2 Å². The summed E-state index contributed by atoms with van der Waals surface area (Å²) in [6, 6.07) is 15.0. The number of rotatable bonds is 11. The summed E-state index contributed by atoms with van der Waals surface area (Å²) in [5, 5.41) is 33.3. The lowest BCUT2D eigenvalue weighted by Gasteiger charge is -2.20. The summed E-state index contributed by atoms with van der Waals surface area (Å²) >= 11 is 0. The molecule has 0 fully saturated rings. The number of hydrogen-bond acceptors (Lipinski definition) is 8. The van der Waals surface area contributed by atoms with Gasteiger partial charge in [0.05, 0.1) is 16.6 Å². The molecule has 0 radical (unpaired) electrons. The van der Waals surface area contributed by atoms with E-state index >= 15 is 0 Å². The van der Waals surface area contributed by atoms with Gasteiger partial charge in [-0.2, -0.15) is 18.4 Å². The number of aromatic carboxylic acids is 1. The molecule has 2 heterocycles. The van der Waals surface area contributed by atoms with E-state index in [4.69, 9.17) is 11.0 Å². The number of alkyl halides is 3. The molecule has 4 aromatic rings. The van der Waals surface area contributed by atoms with Crippen molar-refractivity contribution < 1.29 is 36.6 Å². The molecule has 44 heavy (non-hydrogen) atoms. The van der Waals surface area contributed by atoms with Crippen LogP contribution >= 0.6 is 0 Å². The molecule has 0 aliphatic heterocycles. The van der Waals surface area contributed by atoms with Gasteiger partial charge in [0.2, 0.25) is 10.0 Å². The van der Waals surface area contributed by atoms with E-state index in [0.717, 1.165) is 17.7 Å². The molecule has 2 aromatic heterocycles. The summed E-state index contributed by atoms with van der Waals surface area (Å²) in [5.74, 6) is -1.15. The third-order valence-electron chi connectivity index (χ3n) is 7.09. The normalized spacial score (nSPS) is 13.6. The summed E-state index contributed by atoms with van der Waals surface area (Å²) in [7, 11) is -4.46. The highest BCUT2D eigenvalue weighted by Crippen LogP contribution is 2.29. The predicted molar refractivity (Wildman–Crippen MR) is 155 cm³/mol. The van der Waals surface area contributed by atoms with Crippen LogP contribution in [-0.4, -0.2) is 64.4 Å². The number of aliphatic hydroxyl groups excluding tert-OH is 1. The first-order valence-electron chi connectivity index (χ1n) is 13.2. The molecular formula is C29H29F3N6O5S. The average Bonchev–Trinajstić information content (AvgIpc) is 3.33. The van der Waals surface area contributed by atoms with Crippen LogP contribution in [-0.2, 0) is 23.0 Å². The molecular weight excluding hydrogens is 601 g/mol. The van der Waals surface area contributed by atoms with Gasteiger partial charge in [0.15, 0.2) is 0 Å². The maximum atomic E-state index is 13.1. The Balaban J connectivity index is 1.52. The van der Waals surface area contributed by atoms with Crippen LogP contribution in [0, 0.1) is 11.3 Å². The lowest BCUT2D eigenvalue weighted by atomic mass is 10.0. The Morgan fingerprint density at radius 2 is 1.91 bits per heavy atom. The fourth-order valence-electron chi connectivity index (χ4n) is 4.70. The van der Waals surface area contributed by atoms with Gasteiger partial charge in [-0.3, -0.25) is 0 Å². The van der Waals surface area contributed by atoms with Crippen LogP contribution in [0.15, 0.2) is 65.7 Å². The Labute approximate surface area is 251 Å². The van der Waals surface area contributed by atoms with Crippen molar-refractivity contribution in [1.82, 2.24) is 19.2 Å². The largest absolute Gasteiger partial charge is 0.477 e. The second-order valence-corrected chi connectivity index (χ2v) is 12.2. The van der Waals surface area contributed by atoms with E-state index < -0.39 is 37.6 Å². The Bertz CT molecular complexity index is 1850. The molecule has 0 aliphatic carbocycles. The van der Waals surface area contributed by atoms with Crippen LogP contribution in [0.5, 0.6) is 0 Å². The topological polar surface area (TPSA) is 175 Å². The second kappa shape index (κ2) is 12.6. The standard InChI is InChI=1S/C29H29F3N6O5S/c1-17(35-15-26(39)22-11-21(13-33)27(34)36-14-22)8-18-6-7-24-20(9-18)12-25(28(40)41)38(24)16-19-4-3-5-23(10-19)44(42,43)37(2)29(30,31)32/h3-7,9-12,14,17,26,35,39H,8,15-16H2,1-2H3,(H2,34,36)(H,40,41). The zero-order valence-corrected chi connectivity index (χ0v) is 24.4. The molecule has 0 aliphatic rings. The van der Waals surface area contributed by atoms with Crippen LogP contribution in [0.3, 0.4) is 0 Å². The molecule has 2 unspecified atom stereocenters. The number of hydrogen-bond donors (Lipinski definition) is 4. The van der Waals surface area contributed by atoms with Crippen LogP contribution < -0.4 is 11.1 Å². The molecule has 5 N–H and O–H groups in total. The number of benzene rings is 2. The van der Waals surface area contributed by atoms with E-state index in [-0.39, 0.29) is 36.2 Å². The Kier molecular flexibility index (Phi) is 9.30. The number of carbonyl (C=O) groups is 1. The number of nitriles is 1. The third-order valence-corrected chi connectivity index (χ3v) is 8.86. The Morgan fingerprint density at radius 3 is 2.57 bits per heavy atom. The first-order valence-corrected chi connectivity index (χ1v) is 14.6. The number of fused-ring (bicyclic) bond motifs is 1. The summed E-state index contributed by atoms with van der Waals surface area (Å²) < 4.78 is 65.1. The van der Waals surface area contributed by atoms with E-state index in [1.807, 2.05) is 19.1 Å². The van der Waals surface area contributed by atoms with Gasteiger partial charge in [-0.15, -0.1) is 4.31 Å². The minimum Gasteiger partial charge on any atom is -0.477 e. The minimum atomic E-state index is -5.11. The quantitative estimate of drug-likeness (QED) is 0.180. The van der Waals surface area contributed by atoms with Crippen molar-refractivity contribution in [1.29, 1.82) is 5.26 Å². The van der Waals surface area contributed by atoms with Crippen LogP contribution in [0.4, 0.5) is 19.0 Å². The minimum absolute atomic E-state index is 0.0790. The number of nitrogens with two attached hydrogens (primary N) is 1. The van der Waals surface area contributed by atoms with Crippen molar-refractivity contribution in [3.8, 4) is 6.07 Å². The van der Waals surface area contributed by atoms with E-state index in [2.05, 4.69) is 10.3 Å². The first kappa shape index (κ1) is 32.4. The highest BCUT2D eigenvalue weighted by Gasteiger charge is 2.43. The number of nitrogens with one attached hydrogen (secondary N) is 1. The van der Waals surface area contributed by atoms with Crippen molar-refractivity contribution in [2.24, 2.45) is 0 Å². The number of sulfonamides is 1. The van der Waals surface area contributed by atoms with Crippen molar-refractivity contribution >= 4 is 32.7 Å². The fourth-order valence-corrected chi connectivity index (χ4v) is 5.84. The van der Waals surface area contributed by atoms with Crippen molar-refractivity contribution in [2.45, 2.75) is 43.2 Å². The van der Waals surface area contributed by atoms with Gasteiger partial charge < -0.3 is 25.8 Å². The number of pyridine rings is 1. The van der Waals surface area contributed by atoms with E-state index in [1.54, 1.807) is 12.1 Å². The number of aliphatic hydroxyl groups is 1. The van der Waals surface area contributed by atoms with E-state index in [0.29, 0.717) is 35.5 Å². The van der Waals surface area contributed by atoms with Gasteiger partial charge in [0.1, 0.15) is 17.6 Å². The van der Waals surface area contributed by atoms with E-state index in [9.17, 15) is 36.6 Å². The number of halogens is 3. The lowest BCUT2D eigenvalue weighted by molar-refractivity contribution is -0.202. The van der Waals surface area contributed by atoms with Crippen molar-refractivity contribution in [3.63, 3.8) is 0 Å². The highest BCUT2D eigenvalue weighted by molar-refractivity contribution is 7.89. The molecule has 0 spiro atoms. The molecule has 2 atom stereocenters. The van der Waals surface area contributed by atoms with Crippen LogP contribution in [0.2, 0.25) is 0 Å². The van der Waals surface area contributed by atoms with Gasteiger partial charge in [-0.05, 0) is 60.9 Å². The summed E-state index contributed by atoms with van der Waals surface area (Å²) in [6.45, 7) is 1.98. The molecule has 0 amide bonds. The zero-order valence-electron chi connectivity index (χ0n) is 23.6. The third kappa shape index (κ3) is 7.00. The number of carboxylic acid groups (broad SMARTS) is 1. The predicted octanol–water partition coefficient (Wildman–Crippen LogP) is 3.63. The lowest BCUT2D eigenvalue weighted by Crippen LogP contribution is -2.39. The molecule has 232 valence electrons. The molecule has 4 rings (SSSR count). The monoisotopic (exact) mass is 630 g/mol. The van der Waals surface area contributed by atoms with Gasteiger partial charge in [0.25, 0.3) is 0 Å². The number of nitrogen functional groups attached to an aromatic ring is 1. The van der Waals surface area contributed by atoms with Crippen molar-refractivity contribution in [3.05, 3.63) is 88.7 Å². The SMILES string of the molecule is CC(Cc1ccc2c(c1)cc(C(=O)O)n2Cc1cccc(S(=O)(=O)N(C)C(F)(F)F)c1)NCC(O)c1cnc(N)c(C#N)c1. The zero-order chi connectivity index (χ0) is 32.4. The van der Waals surface area contributed by atoms with Crippen LogP contribution in [0.25, 0.3) is 10.9 Å². The number of carboxylic acids is 1. The molecule has 0 saturated heterocycles. The molecule has 11 nitrogen and oxygen atoms in total. The van der Waals surface area contributed by atoms with Gasteiger partial charge in [-0.1, -0.05) is 18.2 Å². The maximum Gasteiger partial charge on any atom is 0.473 e. The van der Waals surface area contributed by atoms with Crippen LogP contribution in [0.1, 0.15) is 45.8 Å². The Hall–Kier alpha value is -4.49. The smallest absolute Gasteiger partial charge is 0.473 e. The maximum absolute atomic E-state index is 13.1. The average molecular weight is 631 g/mol. The molecule has 15 heteroatoms. The van der Waals surface area contributed by atoms with Crippen molar-refractivity contribution in [2.75, 3.05) is 19.3 Å². The summed E-state index contributed by atoms with van der Waals surface area (Å²) in [4.78, 5) is 15.4. The Morgan fingerprint density at radius 1 is 1.18 bits per heavy atom. The molecule has 0 saturated carbocycles. The van der Waals surface area contributed by atoms with Gasteiger partial charge >= 0.3 is 12.3 Å². The second-order valence-electron chi connectivity index (χ2n) is 10.2. The number of anilines is 1. The van der Waals surface area contributed by atoms with E-state index in [1.165, 1.54) is 35.0 Å². The fraction of sp³-hybridized carbons (Fsp3) is 0.276. The number of aromatic nitrogens is 2. The highest BCUT2D eigenvalue weighted by atomic mass is 32.2. The first-order chi connectivity index (χ1) is 20.6. The van der Waals surface area contributed by atoms with Gasteiger partial charge in [0, 0.05) is 48.8 Å². The molecule has 0 bridgehead atoms.